The molecule has 1 N–H and O–H groups in total. The van der Waals surface area contributed by atoms with Crippen molar-refractivity contribution in [3.63, 3.8) is 0 Å². The number of carbonyl (C=O) groups is 3. The fourth-order valence-corrected chi connectivity index (χ4v) is 3.90. The first kappa shape index (κ1) is 17.4. The van der Waals surface area contributed by atoms with E-state index in [0.717, 1.165) is 22.2 Å². The lowest BCUT2D eigenvalue weighted by molar-refractivity contribution is -0.124. The molecule has 0 spiro atoms. The molecule has 2 aromatic rings. The van der Waals surface area contributed by atoms with Gasteiger partial charge in [-0.25, -0.2) is 0 Å². The maximum Gasteiger partial charge on any atom is 0.293 e. The van der Waals surface area contributed by atoms with Crippen molar-refractivity contribution in [1.29, 1.82) is 0 Å². The second-order valence-corrected chi connectivity index (χ2v) is 7.38. The molecule has 0 atom stereocenters. The molecule has 2 heterocycles. The largest absolute Gasteiger partial charge is 0.354 e. The molecule has 1 aliphatic heterocycles. The first-order valence-electron chi connectivity index (χ1n) is 7.73. The first-order valence-corrected chi connectivity index (χ1v) is 9.42. The highest BCUT2D eigenvalue weighted by Gasteiger charge is 2.34. The Morgan fingerprint density at radius 1 is 1.12 bits per heavy atom. The number of thiophene rings is 1. The number of rotatable bonds is 6. The van der Waals surface area contributed by atoms with Crippen molar-refractivity contribution in [2.24, 2.45) is 0 Å². The van der Waals surface area contributed by atoms with Gasteiger partial charge in [-0.15, -0.1) is 11.3 Å². The van der Waals surface area contributed by atoms with Crippen LogP contribution in [-0.2, 0) is 16.0 Å². The van der Waals surface area contributed by atoms with E-state index in [1.54, 1.807) is 6.08 Å². The highest BCUT2D eigenvalue weighted by Crippen LogP contribution is 2.31. The van der Waals surface area contributed by atoms with Gasteiger partial charge in [0.05, 0.1) is 11.3 Å². The summed E-state index contributed by atoms with van der Waals surface area (Å²) >= 11 is 2.45. The van der Waals surface area contributed by atoms with Crippen molar-refractivity contribution in [2.45, 2.75) is 6.42 Å². The van der Waals surface area contributed by atoms with E-state index < -0.39 is 0 Å². The highest BCUT2D eigenvalue weighted by molar-refractivity contribution is 8.18. The van der Waals surface area contributed by atoms with Crippen molar-refractivity contribution >= 4 is 46.2 Å². The molecule has 1 saturated heterocycles. The van der Waals surface area contributed by atoms with Gasteiger partial charge in [-0.2, -0.15) is 0 Å². The molecule has 1 fully saturated rings. The molecule has 3 rings (SSSR count). The van der Waals surface area contributed by atoms with E-state index in [1.165, 1.54) is 16.2 Å². The summed E-state index contributed by atoms with van der Waals surface area (Å²) in [6.07, 6.45) is 2.02. The molecular formula is C18H16N2O3S2. The van der Waals surface area contributed by atoms with E-state index in [1.807, 2.05) is 47.8 Å². The quantitative estimate of drug-likeness (QED) is 0.791. The van der Waals surface area contributed by atoms with Crippen LogP contribution in [0.5, 0.6) is 0 Å². The van der Waals surface area contributed by atoms with Crippen LogP contribution in [0.1, 0.15) is 10.4 Å². The number of imide groups is 1. The molecule has 1 aromatic heterocycles. The Labute approximate surface area is 153 Å². The van der Waals surface area contributed by atoms with Gasteiger partial charge < -0.3 is 5.32 Å². The van der Waals surface area contributed by atoms with E-state index in [0.29, 0.717) is 11.3 Å². The summed E-state index contributed by atoms with van der Waals surface area (Å²) in [6, 6.07) is 13.2. The Kier molecular flexibility index (Phi) is 5.67. The first-order chi connectivity index (χ1) is 12.1. The predicted octanol–water partition coefficient (Wildman–Crippen LogP) is 3.14. The van der Waals surface area contributed by atoms with Crippen molar-refractivity contribution in [2.75, 3.05) is 13.1 Å². The van der Waals surface area contributed by atoms with Gasteiger partial charge >= 0.3 is 0 Å². The normalized spacial score (nSPS) is 15.8. The zero-order chi connectivity index (χ0) is 17.6. The van der Waals surface area contributed by atoms with Crippen LogP contribution in [0.25, 0.3) is 6.08 Å². The number of carbonyl (C=O) groups excluding carboxylic acids is 3. The molecular weight excluding hydrogens is 356 g/mol. The van der Waals surface area contributed by atoms with Gasteiger partial charge in [0.2, 0.25) is 5.91 Å². The van der Waals surface area contributed by atoms with Gasteiger partial charge in [0, 0.05) is 18.0 Å². The van der Waals surface area contributed by atoms with Gasteiger partial charge in [0.15, 0.2) is 0 Å². The number of hydrogen-bond acceptors (Lipinski definition) is 5. The molecule has 5 nitrogen and oxygen atoms in total. The van der Waals surface area contributed by atoms with Crippen LogP contribution in [0, 0.1) is 0 Å². The van der Waals surface area contributed by atoms with Gasteiger partial charge in [-0.3, -0.25) is 19.3 Å². The lowest BCUT2D eigenvalue weighted by Crippen LogP contribution is -2.37. The molecule has 0 saturated carbocycles. The highest BCUT2D eigenvalue weighted by atomic mass is 32.2. The Morgan fingerprint density at radius 2 is 1.92 bits per heavy atom. The zero-order valence-corrected chi connectivity index (χ0v) is 14.9. The monoisotopic (exact) mass is 372 g/mol. The standard InChI is InChI=1S/C18H16N2O3S2/c21-16(12-14-7-4-10-24-14)19-8-9-20-17(22)15(25-18(20)23)11-13-5-2-1-3-6-13/h1-7,10-11H,8-9,12H2,(H,19,21)/b15-11-. The summed E-state index contributed by atoms with van der Waals surface area (Å²) in [5.41, 5.74) is 0.872. The average Bonchev–Trinajstić information content (AvgIpc) is 3.19. The minimum absolute atomic E-state index is 0.116. The van der Waals surface area contributed by atoms with Crippen LogP contribution in [-0.4, -0.2) is 35.0 Å². The summed E-state index contributed by atoms with van der Waals surface area (Å²) in [4.78, 5) is 38.8. The Bertz CT molecular complexity index is 801. The second-order valence-electron chi connectivity index (χ2n) is 5.35. The fraction of sp³-hybridized carbons (Fsp3) is 0.167. The molecule has 1 aliphatic rings. The zero-order valence-electron chi connectivity index (χ0n) is 13.3. The predicted molar refractivity (Wildman–Crippen MR) is 100 cm³/mol. The van der Waals surface area contributed by atoms with Crippen LogP contribution >= 0.6 is 23.1 Å². The van der Waals surface area contributed by atoms with Gasteiger partial charge in [0.25, 0.3) is 11.1 Å². The molecule has 1 aromatic carbocycles. The van der Waals surface area contributed by atoms with Gasteiger partial charge in [-0.1, -0.05) is 36.4 Å². The molecule has 25 heavy (non-hydrogen) atoms. The average molecular weight is 372 g/mol. The molecule has 0 aliphatic carbocycles. The van der Waals surface area contributed by atoms with Crippen LogP contribution in [0.3, 0.4) is 0 Å². The Hall–Kier alpha value is -2.38. The molecule has 3 amide bonds. The molecule has 128 valence electrons. The maximum absolute atomic E-state index is 12.4. The van der Waals surface area contributed by atoms with Crippen LogP contribution < -0.4 is 5.32 Å². The lowest BCUT2D eigenvalue weighted by atomic mass is 10.2. The van der Waals surface area contributed by atoms with Crippen molar-refractivity contribution in [3.8, 4) is 0 Å². The van der Waals surface area contributed by atoms with Crippen LogP contribution in [0.15, 0.2) is 52.7 Å². The number of hydrogen-bond donors (Lipinski definition) is 1. The summed E-state index contributed by atoms with van der Waals surface area (Å²) in [5, 5.41) is 4.36. The Morgan fingerprint density at radius 3 is 2.64 bits per heavy atom. The van der Waals surface area contributed by atoms with Crippen LogP contribution in [0.2, 0.25) is 0 Å². The van der Waals surface area contributed by atoms with Crippen molar-refractivity contribution in [1.82, 2.24) is 10.2 Å². The number of amides is 3. The van der Waals surface area contributed by atoms with E-state index in [-0.39, 0.29) is 30.1 Å². The third kappa shape index (κ3) is 4.58. The van der Waals surface area contributed by atoms with Gasteiger partial charge in [-0.05, 0) is 34.8 Å². The number of nitrogens with one attached hydrogen (secondary N) is 1. The Balaban J connectivity index is 1.53. The molecule has 7 heteroatoms. The summed E-state index contributed by atoms with van der Waals surface area (Å²) in [5.74, 6) is -0.430. The second kappa shape index (κ2) is 8.13. The van der Waals surface area contributed by atoms with E-state index in [4.69, 9.17) is 0 Å². The van der Waals surface area contributed by atoms with E-state index in [2.05, 4.69) is 5.32 Å². The van der Waals surface area contributed by atoms with Crippen molar-refractivity contribution in [3.05, 3.63) is 63.2 Å². The SMILES string of the molecule is O=C(Cc1cccs1)NCCN1C(=O)S/C(=C\c2ccccc2)C1=O. The smallest absolute Gasteiger partial charge is 0.293 e. The maximum atomic E-state index is 12.4. The number of thioether (sulfide) groups is 1. The molecule has 0 bridgehead atoms. The van der Waals surface area contributed by atoms with Gasteiger partial charge in [0.1, 0.15) is 0 Å². The summed E-state index contributed by atoms with van der Waals surface area (Å²) in [6.45, 7) is 0.424. The minimum Gasteiger partial charge on any atom is -0.354 e. The molecule has 0 radical (unpaired) electrons. The lowest BCUT2D eigenvalue weighted by Gasteiger charge is -2.12. The van der Waals surface area contributed by atoms with E-state index in [9.17, 15) is 14.4 Å². The topological polar surface area (TPSA) is 66.5 Å². The fourth-order valence-electron chi connectivity index (χ4n) is 2.33. The third-order valence-electron chi connectivity index (χ3n) is 3.54. The number of nitrogens with zero attached hydrogens (tertiary/aromatic N) is 1. The summed E-state index contributed by atoms with van der Waals surface area (Å²) in [7, 11) is 0. The van der Waals surface area contributed by atoms with Crippen molar-refractivity contribution < 1.29 is 14.4 Å². The summed E-state index contributed by atoms with van der Waals surface area (Å²) < 4.78 is 0. The minimum atomic E-state index is -0.314. The third-order valence-corrected chi connectivity index (χ3v) is 5.33. The molecule has 0 unspecified atom stereocenters. The van der Waals surface area contributed by atoms with Crippen LogP contribution in [0.4, 0.5) is 4.79 Å². The van der Waals surface area contributed by atoms with E-state index >= 15 is 0 Å². The number of benzene rings is 1.